The van der Waals surface area contributed by atoms with Crippen molar-refractivity contribution in [2.45, 2.75) is 46.0 Å². The van der Waals surface area contributed by atoms with Gasteiger partial charge in [0.1, 0.15) is 11.5 Å². The van der Waals surface area contributed by atoms with E-state index in [0.717, 1.165) is 17.5 Å². The summed E-state index contributed by atoms with van der Waals surface area (Å²) < 4.78 is 23.4. The van der Waals surface area contributed by atoms with Gasteiger partial charge in [-0.05, 0) is 46.2 Å². The van der Waals surface area contributed by atoms with Crippen LogP contribution in [-0.4, -0.2) is 40.1 Å². The summed E-state index contributed by atoms with van der Waals surface area (Å²) in [7, 11) is -1.34. The molecule has 0 aliphatic heterocycles. The maximum Gasteiger partial charge on any atom is 0.232 e. The number of hydrogen-bond acceptors (Lipinski definition) is 5. The zero-order chi connectivity index (χ0) is 19.8. The summed E-state index contributed by atoms with van der Waals surface area (Å²) in [6, 6.07) is 7.86. The van der Waals surface area contributed by atoms with Gasteiger partial charge in [0.05, 0.1) is 17.6 Å². The average Bonchev–Trinajstić information content (AvgIpc) is 2.95. The van der Waals surface area contributed by atoms with E-state index in [1.807, 2.05) is 45.0 Å². The maximum atomic E-state index is 12.3. The number of benzene rings is 1. The molecule has 0 bridgehead atoms. The number of carbonyl (C=O) groups is 1. The lowest BCUT2D eigenvalue weighted by atomic mass is 10.1. The quantitative estimate of drug-likeness (QED) is 0.628. The minimum Gasteiger partial charge on any atom is -0.441 e. The molecule has 2 aromatic rings. The Labute approximate surface area is 163 Å². The van der Waals surface area contributed by atoms with Crippen molar-refractivity contribution in [2.24, 2.45) is 0 Å². The zero-order valence-electron chi connectivity index (χ0n) is 16.4. The summed E-state index contributed by atoms with van der Waals surface area (Å²) in [6.45, 7) is 8.87. The molecule has 2 rings (SSSR count). The Morgan fingerprint density at radius 2 is 1.96 bits per heavy atom. The molecule has 7 heteroatoms. The Balaban J connectivity index is 1.81. The number of carbonyl (C=O) groups excluding carboxylic acids is 1. The molecule has 6 nitrogen and oxygen atoms in total. The van der Waals surface area contributed by atoms with Gasteiger partial charge in [-0.3, -0.25) is 9.00 Å². The molecule has 1 aromatic heterocycles. The third kappa shape index (κ3) is 7.27. The van der Waals surface area contributed by atoms with Crippen LogP contribution in [0.4, 0.5) is 0 Å². The van der Waals surface area contributed by atoms with Gasteiger partial charge in [-0.25, -0.2) is 4.98 Å². The molecule has 0 aliphatic rings. The largest absolute Gasteiger partial charge is 0.441 e. The van der Waals surface area contributed by atoms with Crippen molar-refractivity contribution in [3.05, 3.63) is 41.3 Å². The van der Waals surface area contributed by atoms with E-state index in [4.69, 9.17) is 9.15 Å². The van der Waals surface area contributed by atoms with Gasteiger partial charge in [0, 0.05) is 29.5 Å². The van der Waals surface area contributed by atoms with Crippen LogP contribution < -0.4 is 5.32 Å². The average molecular weight is 393 g/mol. The predicted molar refractivity (Wildman–Crippen MR) is 107 cm³/mol. The topological polar surface area (TPSA) is 81.4 Å². The van der Waals surface area contributed by atoms with Crippen LogP contribution in [0, 0.1) is 13.8 Å². The number of aryl methyl sites for hydroxylation is 2. The molecule has 0 saturated carbocycles. The highest BCUT2D eigenvalue weighted by atomic mass is 32.2. The zero-order valence-corrected chi connectivity index (χ0v) is 17.2. The Morgan fingerprint density at radius 1 is 1.26 bits per heavy atom. The first-order valence-corrected chi connectivity index (χ1v) is 10.6. The Morgan fingerprint density at radius 3 is 2.63 bits per heavy atom. The monoisotopic (exact) mass is 392 g/mol. The first-order valence-electron chi connectivity index (χ1n) is 9.11. The van der Waals surface area contributed by atoms with Crippen molar-refractivity contribution in [2.75, 3.05) is 18.9 Å². The van der Waals surface area contributed by atoms with Crippen molar-refractivity contribution in [3.8, 4) is 11.5 Å². The summed E-state index contributed by atoms with van der Waals surface area (Å²) in [6.07, 6.45) is 0.919. The molecule has 1 heterocycles. The summed E-state index contributed by atoms with van der Waals surface area (Å²) >= 11 is 0. The SMILES string of the molecule is Cc1ccc(-c2nc(C[S@@](=O)CC(=O)NCCCOC(C)C)c(C)o2)cc1. The number of ether oxygens (including phenoxy) is 1. The first-order chi connectivity index (χ1) is 12.8. The molecule has 1 aromatic carbocycles. The summed E-state index contributed by atoms with van der Waals surface area (Å²) in [5, 5.41) is 2.77. The number of nitrogens with one attached hydrogen (secondary N) is 1. The van der Waals surface area contributed by atoms with Crippen molar-refractivity contribution in [1.29, 1.82) is 0 Å². The molecule has 0 aliphatic carbocycles. The number of rotatable bonds is 10. The van der Waals surface area contributed by atoms with Gasteiger partial charge >= 0.3 is 0 Å². The molecular formula is C20H28N2O4S. The van der Waals surface area contributed by atoms with Crippen LogP contribution in [0.3, 0.4) is 0 Å². The standard InChI is InChI=1S/C20H28N2O4S/c1-14(2)25-11-5-10-21-19(23)13-27(24)12-18-16(4)26-20(22-18)17-8-6-15(3)7-9-17/h6-9,14H,5,10-13H2,1-4H3,(H,21,23)/t27-/m1/s1. The third-order valence-electron chi connectivity index (χ3n) is 3.88. The lowest BCUT2D eigenvalue weighted by molar-refractivity contribution is -0.118. The number of amides is 1. The van der Waals surface area contributed by atoms with Gasteiger partial charge < -0.3 is 14.5 Å². The third-order valence-corrected chi connectivity index (χ3v) is 5.06. The molecule has 0 radical (unpaired) electrons. The predicted octanol–water partition coefficient (Wildman–Crippen LogP) is 3.14. The molecule has 0 saturated heterocycles. The van der Waals surface area contributed by atoms with Gasteiger partial charge in [-0.15, -0.1) is 0 Å². The van der Waals surface area contributed by atoms with E-state index in [0.29, 0.717) is 30.5 Å². The van der Waals surface area contributed by atoms with Crippen LogP contribution in [0.1, 0.15) is 37.3 Å². The number of hydrogen-bond donors (Lipinski definition) is 1. The minimum absolute atomic E-state index is 0.0444. The molecule has 1 N–H and O–H groups in total. The van der Waals surface area contributed by atoms with Crippen molar-refractivity contribution < 1.29 is 18.2 Å². The van der Waals surface area contributed by atoms with Gasteiger partial charge in [-0.1, -0.05) is 17.7 Å². The summed E-state index contributed by atoms with van der Waals surface area (Å²) in [4.78, 5) is 16.3. The second-order valence-corrected chi connectivity index (χ2v) is 8.20. The minimum atomic E-state index is -1.34. The van der Waals surface area contributed by atoms with E-state index in [-0.39, 0.29) is 23.5 Å². The van der Waals surface area contributed by atoms with Gasteiger partial charge in [0.15, 0.2) is 0 Å². The van der Waals surface area contributed by atoms with Crippen molar-refractivity contribution in [3.63, 3.8) is 0 Å². The molecular weight excluding hydrogens is 364 g/mol. The van der Waals surface area contributed by atoms with Crippen LogP contribution in [0.5, 0.6) is 0 Å². The molecule has 1 atom stereocenters. The fourth-order valence-electron chi connectivity index (χ4n) is 2.40. The fraction of sp³-hybridized carbons (Fsp3) is 0.500. The lowest BCUT2D eigenvalue weighted by Gasteiger charge is -2.08. The lowest BCUT2D eigenvalue weighted by Crippen LogP contribution is -2.30. The van der Waals surface area contributed by atoms with Crippen molar-refractivity contribution in [1.82, 2.24) is 10.3 Å². The number of oxazole rings is 1. The maximum absolute atomic E-state index is 12.3. The van der Waals surface area contributed by atoms with Gasteiger partial charge in [0.25, 0.3) is 0 Å². The molecule has 0 spiro atoms. The van der Waals surface area contributed by atoms with Crippen LogP contribution in [0.2, 0.25) is 0 Å². The smallest absolute Gasteiger partial charge is 0.232 e. The Hall–Kier alpha value is -1.99. The number of nitrogens with zero attached hydrogens (tertiary/aromatic N) is 1. The fourth-order valence-corrected chi connectivity index (χ4v) is 3.47. The molecule has 27 heavy (non-hydrogen) atoms. The second kappa shape index (κ2) is 10.4. The van der Waals surface area contributed by atoms with E-state index in [1.54, 1.807) is 6.92 Å². The van der Waals surface area contributed by atoms with Crippen molar-refractivity contribution >= 4 is 16.7 Å². The van der Waals surface area contributed by atoms with E-state index < -0.39 is 10.8 Å². The summed E-state index contributed by atoms with van der Waals surface area (Å²) in [5.74, 6) is 1.07. The Kier molecular flexibility index (Phi) is 8.19. The molecule has 1 amide bonds. The first kappa shape index (κ1) is 21.3. The van der Waals surface area contributed by atoms with Crippen LogP contribution in [0.15, 0.2) is 28.7 Å². The van der Waals surface area contributed by atoms with Crippen LogP contribution >= 0.6 is 0 Å². The normalized spacial score (nSPS) is 12.3. The van der Waals surface area contributed by atoms with Gasteiger partial charge in [0.2, 0.25) is 11.8 Å². The highest BCUT2D eigenvalue weighted by Crippen LogP contribution is 2.22. The van der Waals surface area contributed by atoms with Gasteiger partial charge in [-0.2, -0.15) is 0 Å². The van der Waals surface area contributed by atoms with E-state index in [9.17, 15) is 9.00 Å². The molecule has 148 valence electrons. The highest BCUT2D eigenvalue weighted by Gasteiger charge is 2.16. The number of aromatic nitrogens is 1. The molecule has 0 unspecified atom stereocenters. The van der Waals surface area contributed by atoms with E-state index >= 15 is 0 Å². The Bertz CT molecular complexity index is 769. The van der Waals surface area contributed by atoms with E-state index in [2.05, 4.69) is 10.3 Å². The van der Waals surface area contributed by atoms with Crippen LogP contribution in [-0.2, 0) is 26.1 Å². The van der Waals surface area contributed by atoms with Crippen LogP contribution in [0.25, 0.3) is 11.5 Å². The highest BCUT2D eigenvalue weighted by molar-refractivity contribution is 7.84. The molecule has 0 fully saturated rings. The second-order valence-electron chi connectivity index (χ2n) is 6.74. The summed E-state index contributed by atoms with van der Waals surface area (Å²) in [5.41, 5.74) is 2.66. The van der Waals surface area contributed by atoms with E-state index in [1.165, 1.54) is 0 Å².